The summed E-state index contributed by atoms with van der Waals surface area (Å²) in [4.78, 5) is 28.0. The van der Waals surface area contributed by atoms with Crippen LogP contribution in [0.2, 0.25) is 0 Å². The number of hydrogen-bond acceptors (Lipinski definition) is 3. The van der Waals surface area contributed by atoms with Crippen molar-refractivity contribution in [1.29, 1.82) is 0 Å². The van der Waals surface area contributed by atoms with Crippen molar-refractivity contribution in [2.45, 2.75) is 78.8 Å². The molecule has 2 aromatic rings. The number of aryl methyl sites for hydroxylation is 1. The molecule has 0 radical (unpaired) electrons. The Morgan fingerprint density at radius 1 is 1.03 bits per heavy atom. The Hall–Kier alpha value is -2.82. The third-order valence-electron chi connectivity index (χ3n) is 5.74. The Morgan fingerprint density at radius 2 is 1.70 bits per heavy atom. The summed E-state index contributed by atoms with van der Waals surface area (Å²) in [7, 11) is 0. The predicted octanol–water partition coefficient (Wildman–Crippen LogP) is 5.40. The van der Waals surface area contributed by atoms with Crippen molar-refractivity contribution in [3.05, 3.63) is 65.2 Å². The number of carbonyl (C=O) groups excluding carboxylic acids is 2. The minimum absolute atomic E-state index is 0.105. The molecule has 2 rings (SSSR count). The molecular weight excluding hydrogens is 412 g/mol. The second-order valence-electron chi connectivity index (χ2n) is 9.61. The van der Waals surface area contributed by atoms with Crippen LogP contribution in [0.25, 0.3) is 0 Å². The Bertz CT molecular complexity index is 900. The first-order valence-electron chi connectivity index (χ1n) is 12.0. The second-order valence-corrected chi connectivity index (χ2v) is 9.61. The van der Waals surface area contributed by atoms with E-state index in [0.717, 1.165) is 29.5 Å². The number of benzene rings is 2. The van der Waals surface area contributed by atoms with E-state index in [0.29, 0.717) is 25.3 Å². The number of amides is 2. The van der Waals surface area contributed by atoms with Gasteiger partial charge in [0.1, 0.15) is 11.8 Å². The van der Waals surface area contributed by atoms with Gasteiger partial charge in [-0.15, -0.1) is 0 Å². The number of nitrogens with one attached hydrogen (secondary N) is 1. The predicted molar refractivity (Wildman–Crippen MR) is 134 cm³/mol. The zero-order valence-electron chi connectivity index (χ0n) is 21.1. The molecular formula is C28H40N2O3. The highest BCUT2D eigenvalue weighted by Gasteiger charge is 2.29. The molecule has 0 heterocycles. The quantitative estimate of drug-likeness (QED) is 0.465. The van der Waals surface area contributed by atoms with Crippen LogP contribution in [0.4, 0.5) is 0 Å². The lowest BCUT2D eigenvalue weighted by Gasteiger charge is -2.31. The van der Waals surface area contributed by atoms with Crippen molar-refractivity contribution in [2.75, 3.05) is 13.2 Å². The molecule has 0 aliphatic heterocycles. The summed E-state index contributed by atoms with van der Waals surface area (Å²) < 4.78 is 6.01. The Labute approximate surface area is 199 Å². The molecule has 0 aromatic heterocycles. The highest BCUT2D eigenvalue weighted by Crippen LogP contribution is 2.31. The van der Waals surface area contributed by atoms with Crippen LogP contribution in [-0.2, 0) is 21.5 Å². The highest BCUT2D eigenvalue weighted by atomic mass is 16.5. The fourth-order valence-electron chi connectivity index (χ4n) is 3.75. The van der Waals surface area contributed by atoms with Crippen molar-refractivity contribution in [3.63, 3.8) is 0 Å². The number of para-hydroxylation sites is 1. The molecule has 33 heavy (non-hydrogen) atoms. The molecule has 1 N–H and O–H groups in total. The fourth-order valence-corrected chi connectivity index (χ4v) is 3.75. The van der Waals surface area contributed by atoms with Crippen LogP contribution in [0.3, 0.4) is 0 Å². The van der Waals surface area contributed by atoms with E-state index in [1.54, 1.807) is 4.90 Å². The maximum absolute atomic E-state index is 13.4. The lowest BCUT2D eigenvalue weighted by atomic mass is 9.86. The first-order chi connectivity index (χ1) is 15.7. The molecule has 1 unspecified atom stereocenters. The van der Waals surface area contributed by atoms with Gasteiger partial charge in [-0.05, 0) is 42.4 Å². The number of rotatable bonds is 11. The molecule has 1 atom stereocenters. The van der Waals surface area contributed by atoms with Crippen LogP contribution in [0.5, 0.6) is 5.75 Å². The Balaban J connectivity index is 2.23. The van der Waals surface area contributed by atoms with Gasteiger partial charge in [0.2, 0.25) is 5.91 Å². The third kappa shape index (κ3) is 7.92. The zero-order valence-corrected chi connectivity index (χ0v) is 21.1. The van der Waals surface area contributed by atoms with E-state index in [1.165, 1.54) is 0 Å². The minimum atomic E-state index is -0.544. The van der Waals surface area contributed by atoms with Gasteiger partial charge < -0.3 is 15.0 Å². The van der Waals surface area contributed by atoms with Crippen molar-refractivity contribution in [2.24, 2.45) is 0 Å². The number of nitrogens with zero attached hydrogens (tertiary/aromatic N) is 1. The van der Waals surface area contributed by atoms with E-state index in [2.05, 4.69) is 33.0 Å². The van der Waals surface area contributed by atoms with Gasteiger partial charge >= 0.3 is 0 Å². The van der Waals surface area contributed by atoms with Crippen LogP contribution in [0, 0.1) is 6.92 Å². The summed E-state index contributed by atoms with van der Waals surface area (Å²) in [5.41, 5.74) is 3.09. The number of hydrogen-bond donors (Lipinski definition) is 1. The number of unbranched alkanes of at least 4 members (excludes halogenated alkanes) is 1. The van der Waals surface area contributed by atoms with Gasteiger partial charge in [-0.25, -0.2) is 0 Å². The third-order valence-corrected chi connectivity index (χ3v) is 5.74. The summed E-state index contributed by atoms with van der Waals surface area (Å²) in [6.07, 6.45) is 2.46. The second kappa shape index (κ2) is 12.4. The molecule has 180 valence electrons. The summed E-state index contributed by atoms with van der Waals surface area (Å²) in [6.45, 7) is 13.3. The van der Waals surface area contributed by atoms with Crippen molar-refractivity contribution in [3.8, 4) is 5.75 Å². The van der Waals surface area contributed by atoms with E-state index >= 15 is 0 Å². The monoisotopic (exact) mass is 452 g/mol. The molecule has 5 heteroatoms. The van der Waals surface area contributed by atoms with Gasteiger partial charge in [-0.2, -0.15) is 0 Å². The van der Waals surface area contributed by atoms with E-state index in [1.807, 2.05) is 62.4 Å². The van der Waals surface area contributed by atoms with Crippen molar-refractivity contribution >= 4 is 11.8 Å². The van der Waals surface area contributed by atoms with Gasteiger partial charge in [0.05, 0.1) is 0 Å². The number of carbonyl (C=O) groups is 2. The summed E-state index contributed by atoms with van der Waals surface area (Å²) >= 11 is 0. The van der Waals surface area contributed by atoms with Crippen LogP contribution >= 0.6 is 0 Å². The van der Waals surface area contributed by atoms with E-state index in [4.69, 9.17) is 4.74 Å². The van der Waals surface area contributed by atoms with Crippen molar-refractivity contribution < 1.29 is 14.3 Å². The molecule has 2 amide bonds. The van der Waals surface area contributed by atoms with Gasteiger partial charge in [0.15, 0.2) is 6.61 Å². The highest BCUT2D eigenvalue weighted by molar-refractivity contribution is 5.88. The Morgan fingerprint density at radius 3 is 2.30 bits per heavy atom. The van der Waals surface area contributed by atoms with E-state index < -0.39 is 6.04 Å². The normalized spacial score (nSPS) is 12.2. The van der Waals surface area contributed by atoms with E-state index in [-0.39, 0.29) is 23.8 Å². The van der Waals surface area contributed by atoms with Gasteiger partial charge in [0.25, 0.3) is 5.91 Å². The fraction of sp³-hybridized carbons (Fsp3) is 0.500. The maximum atomic E-state index is 13.4. The average Bonchev–Trinajstić information content (AvgIpc) is 2.78. The first kappa shape index (κ1) is 26.4. The molecule has 5 nitrogen and oxygen atoms in total. The maximum Gasteiger partial charge on any atom is 0.261 e. The lowest BCUT2D eigenvalue weighted by Crippen LogP contribution is -2.50. The van der Waals surface area contributed by atoms with Crippen molar-refractivity contribution in [1.82, 2.24) is 10.2 Å². The van der Waals surface area contributed by atoms with Gasteiger partial charge in [-0.3, -0.25) is 9.59 Å². The molecule has 0 bridgehead atoms. The van der Waals surface area contributed by atoms with Gasteiger partial charge in [0, 0.05) is 13.1 Å². The number of ether oxygens (including phenoxy) is 1. The molecule has 0 saturated carbocycles. The average molecular weight is 453 g/mol. The SMILES string of the molecule is CCCCNC(=O)C(CC)N(Cc1ccc(C)cc1)C(=O)COc1ccccc1C(C)(C)C. The van der Waals surface area contributed by atoms with Crippen LogP contribution in [0.15, 0.2) is 48.5 Å². The summed E-state index contributed by atoms with van der Waals surface area (Å²) in [5.74, 6) is 0.396. The molecule has 0 aliphatic carbocycles. The molecule has 0 fully saturated rings. The van der Waals surface area contributed by atoms with Crippen LogP contribution in [0.1, 0.15) is 70.6 Å². The van der Waals surface area contributed by atoms with Crippen LogP contribution in [-0.4, -0.2) is 35.9 Å². The van der Waals surface area contributed by atoms with E-state index in [9.17, 15) is 9.59 Å². The molecule has 0 aliphatic rings. The minimum Gasteiger partial charge on any atom is -0.483 e. The van der Waals surface area contributed by atoms with Crippen LogP contribution < -0.4 is 10.1 Å². The lowest BCUT2D eigenvalue weighted by molar-refractivity contribution is -0.143. The zero-order chi connectivity index (χ0) is 24.4. The smallest absolute Gasteiger partial charge is 0.261 e. The van der Waals surface area contributed by atoms with Gasteiger partial charge in [-0.1, -0.05) is 89.1 Å². The summed E-state index contributed by atoms with van der Waals surface area (Å²) in [6, 6.07) is 15.3. The summed E-state index contributed by atoms with van der Waals surface area (Å²) in [5, 5.41) is 2.99. The Kier molecular flexibility index (Phi) is 9.95. The molecule has 0 saturated heterocycles. The molecule has 0 spiro atoms. The molecule has 2 aromatic carbocycles. The topological polar surface area (TPSA) is 58.6 Å². The first-order valence-corrected chi connectivity index (χ1v) is 12.0. The standard InChI is InChI=1S/C28H40N2O3/c1-7-9-18-29-27(32)24(8-2)30(19-22-16-14-21(3)15-17-22)26(31)20-33-25-13-11-10-12-23(25)28(4,5)6/h10-17,24H,7-9,18-20H2,1-6H3,(H,29,32). The largest absolute Gasteiger partial charge is 0.483 e.